The number of thioether (sulfide) groups is 1. The Balaban J connectivity index is 0.00000364. The molecule has 146 valence electrons. The van der Waals surface area contributed by atoms with Crippen LogP contribution >= 0.6 is 47.3 Å². The van der Waals surface area contributed by atoms with E-state index in [-0.39, 0.29) is 29.9 Å². The molecule has 2 aromatic rings. The van der Waals surface area contributed by atoms with Gasteiger partial charge in [-0.1, -0.05) is 23.7 Å². The van der Waals surface area contributed by atoms with Gasteiger partial charge in [0.25, 0.3) is 0 Å². The Morgan fingerprint density at radius 2 is 1.89 bits per heavy atom. The van der Waals surface area contributed by atoms with Gasteiger partial charge in [0, 0.05) is 48.4 Å². The maximum absolute atomic E-state index is 11.1. The van der Waals surface area contributed by atoms with Crippen LogP contribution in [0.25, 0.3) is 0 Å². The Morgan fingerprint density at radius 3 is 2.56 bits per heavy atom. The van der Waals surface area contributed by atoms with Gasteiger partial charge in [-0.25, -0.2) is 0 Å². The van der Waals surface area contributed by atoms with Gasteiger partial charge in [-0.15, -0.1) is 35.7 Å². The summed E-state index contributed by atoms with van der Waals surface area (Å²) in [5, 5.41) is 10.1. The van der Waals surface area contributed by atoms with E-state index < -0.39 is 0 Å². The molecule has 0 aliphatic rings. The van der Waals surface area contributed by atoms with Crippen molar-refractivity contribution in [1.82, 2.24) is 10.6 Å². The number of nitrogens with zero attached hydrogens (tertiary/aromatic N) is 1. The van der Waals surface area contributed by atoms with E-state index in [1.54, 1.807) is 18.8 Å². The standard InChI is InChI=1S/C19H23ClN4OS.HI/c1-14(25)24-17-5-3-4-15(12-17)13-23-19(21-2)22-10-11-26-18-8-6-16(20)7-9-18;/h3-9,12H,10-11,13H2,1-2H3,(H,24,25)(H2,21,22,23);1H. The van der Waals surface area contributed by atoms with Gasteiger partial charge >= 0.3 is 0 Å². The van der Waals surface area contributed by atoms with E-state index in [0.717, 1.165) is 34.5 Å². The molecule has 1 amide bonds. The van der Waals surface area contributed by atoms with E-state index in [1.807, 2.05) is 48.5 Å². The SMILES string of the molecule is CN=C(NCCSc1ccc(Cl)cc1)NCc1cccc(NC(C)=O)c1.I. The van der Waals surface area contributed by atoms with Crippen LogP contribution in [0, 0.1) is 0 Å². The molecule has 0 unspecified atom stereocenters. The van der Waals surface area contributed by atoms with Crippen LogP contribution in [0.1, 0.15) is 12.5 Å². The lowest BCUT2D eigenvalue weighted by molar-refractivity contribution is -0.114. The molecule has 0 aromatic heterocycles. The highest BCUT2D eigenvalue weighted by Gasteiger charge is 2.01. The zero-order chi connectivity index (χ0) is 18.8. The smallest absolute Gasteiger partial charge is 0.221 e. The Labute approximate surface area is 186 Å². The molecule has 2 rings (SSSR count). The fourth-order valence-corrected chi connectivity index (χ4v) is 3.13. The number of benzene rings is 2. The molecular weight excluding hydrogens is 495 g/mol. The molecule has 0 aliphatic heterocycles. The number of carbonyl (C=O) groups is 1. The molecule has 0 saturated heterocycles. The van der Waals surface area contributed by atoms with Gasteiger partial charge in [-0.2, -0.15) is 0 Å². The molecule has 0 aliphatic carbocycles. The third kappa shape index (κ3) is 9.34. The summed E-state index contributed by atoms with van der Waals surface area (Å²) in [6.45, 7) is 2.91. The summed E-state index contributed by atoms with van der Waals surface area (Å²) < 4.78 is 0. The van der Waals surface area contributed by atoms with Crippen molar-refractivity contribution >= 4 is 64.9 Å². The predicted molar refractivity (Wildman–Crippen MR) is 127 cm³/mol. The monoisotopic (exact) mass is 518 g/mol. The van der Waals surface area contributed by atoms with Gasteiger partial charge in [-0.3, -0.25) is 9.79 Å². The normalized spacial score (nSPS) is 10.7. The molecule has 0 spiro atoms. The van der Waals surface area contributed by atoms with Gasteiger partial charge in [0.15, 0.2) is 5.96 Å². The van der Waals surface area contributed by atoms with Crippen molar-refractivity contribution in [3.63, 3.8) is 0 Å². The number of rotatable bonds is 7. The molecule has 0 radical (unpaired) electrons. The van der Waals surface area contributed by atoms with Crippen LogP contribution in [0.5, 0.6) is 0 Å². The quantitative estimate of drug-likeness (QED) is 0.167. The fourth-order valence-electron chi connectivity index (χ4n) is 2.24. The number of aliphatic imine (C=N–C) groups is 1. The molecule has 27 heavy (non-hydrogen) atoms. The fraction of sp³-hybridized carbons (Fsp3) is 0.263. The minimum Gasteiger partial charge on any atom is -0.356 e. The highest BCUT2D eigenvalue weighted by Crippen LogP contribution is 2.19. The van der Waals surface area contributed by atoms with Crippen LogP contribution in [0.15, 0.2) is 58.4 Å². The van der Waals surface area contributed by atoms with E-state index in [2.05, 4.69) is 20.9 Å². The van der Waals surface area contributed by atoms with Gasteiger partial charge < -0.3 is 16.0 Å². The first kappa shape index (κ1) is 23.6. The molecule has 8 heteroatoms. The van der Waals surface area contributed by atoms with Crippen molar-refractivity contribution in [1.29, 1.82) is 0 Å². The molecule has 0 atom stereocenters. The number of guanidine groups is 1. The lowest BCUT2D eigenvalue weighted by atomic mass is 10.2. The van der Waals surface area contributed by atoms with Gasteiger partial charge in [0.05, 0.1) is 0 Å². The maximum Gasteiger partial charge on any atom is 0.221 e. The van der Waals surface area contributed by atoms with Gasteiger partial charge in [-0.05, 0) is 42.0 Å². The Kier molecular flexibility index (Phi) is 11.2. The summed E-state index contributed by atoms with van der Waals surface area (Å²) in [6.07, 6.45) is 0. The van der Waals surface area contributed by atoms with E-state index in [0.29, 0.717) is 6.54 Å². The summed E-state index contributed by atoms with van der Waals surface area (Å²) in [6, 6.07) is 15.6. The van der Waals surface area contributed by atoms with Crippen molar-refractivity contribution in [2.24, 2.45) is 4.99 Å². The van der Waals surface area contributed by atoms with Crippen LogP contribution in [0.4, 0.5) is 5.69 Å². The lowest BCUT2D eigenvalue weighted by Crippen LogP contribution is -2.37. The minimum atomic E-state index is -0.0780. The highest BCUT2D eigenvalue weighted by atomic mass is 127. The van der Waals surface area contributed by atoms with Crippen molar-refractivity contribution in [3.05, 3.63) is 59.1 Å². The zero-order valence-electron chi connectivity index (χ0n) is 15.3. The molecule has 0 saturated carbocycles. The van der Waals surface area contributed by atoms with Gasteiger partial charge in [0.2, 0.25) is 5.91 Å². The number of anilines is 1. The summed E-state index contributed by atoms with van der Waals surface area (Å²) >= 11 is 7.65. The lowest BCUT2D eigenvalue weighted by Gasteiger charge is -2.12. The summed E-state index contributed by atoms with van der Waals surface area (Å²) in [4.78, 5) is 16.6. The van der Waals surface area contributed by atoms with Crippen molar-refractivity contribution in [2.45, 2.75) is 18.4 Å². The molecule has 0 fully saturated rings. The highest BCUT2D eigenvalue weighted by molar-refractivity contribution is 14.0. The third-order valence-electron chi connectivity index (χ3n) is 3.41. The number of halogens is 2. The topological polar surface area (TPSA) is 65.5 Å². The van der Waals surface area contributed by atoms with Crippen LogP contribution in [0.2, 0.25) is 5.02 Å². The van der Waals surface area contributed by atoms with Gasteiger partial charge in [0.1, 0.15) is 0 Å². The van der Waals surface area contributed by atoms with E-state index in [1.165, 1.54) is 11.8 Å². The number of carbonyl (C=O) groups excluding carboxylic acids is 1. The number of hydrogen-bond donors (Lipinski definition) is 3. The van der Waals surface area contributed by atoms with Crippen LogP contribution in [-0.2, 0) is 11.3 Å². The third-order valence-corrected chi connectivity index (χ3v) is 4.67. The second-order valence-corrected chi connectivity index (χ2v) is 7.14. The Hall–Kier alpha value is -1.45. The van der Waals surface area contributed by atoms with Crippen LogP contribution in [-0.4, -0.2) is 31.2 Å². The largest absolute Gasteiger partial charge is 0.356 e. The summed E-state index contributed by atoms with van der Waals surface area (Å²) in [7, 11) is 1.75. The van der Waals surface area contributed by atoms with E-state index >= 15 is 0 Å². The van der Waals surface area contributed by atoms with Crippen LogP contribution < -0.4 is 16.0 Å². The maximum atomic E-state index is 11.1. The molecule has 0 bridgehead atoms. The average Bonchev–Trinajstić information content (AvgIpc) is 2.62. The Bertz CT molecular complexity index is 756. The number of amides is 1. The second kappa shape index (κ2) is 12.9. The Morgan fingerprint density at radius 1 is 1.15 bits per heavy atom. The second-order valence-electron chi connectivity index (χ2n) is 5.54. The minimum absolute atomic E-state index is 0. The van der Waals surface area contributed by atoms with E-state index in [9.17, 15) is 4.79 Å². The molecule has 2 aromatic carbocycles. The number of hydrogen-bond acceptors (Lipinski definition) is 3. The summed E-state index contributed by atoms with van der Waals surface area (Å²) in [5.41, 5.74) is 1.86. The summed E-state index contributed by atoms with van der Waals surface area (Å²) in [5.74, 6) is 1.58. The number of nitrogens with one attached hydrogen (secondary N) is 3. The van der Waals surface area contributed by atoms with E-state index in [4.69, 9.17) is 11.6 Å². The first-order chi connectivity index (χ1) is 12.6. The molecule has 0 heterocycles. The van der Waals surface area contributed by atoms with Crippen molar-refractivity contribution in [3.8, 4) is 0 Å². The van der Waals surface area contributed by atoms with Crippen LogP contribution in [0.3, 0.4) is 0 Å². The molecule has 3 N–H and O–H groups in total. The predicted octanol–water partition coefficient (Wildman–Crippen LogP) is 4.37. The first-order valence-electron chi connectivity index (χ1n) is 8.26. The van der Waals surface area contributed by atoms with Crippen molar-refractivity contribution < 1.29 is 4.79 Å². The van der Waals surface area contributed by atoms with Crippen molar-refractivity contribution in [2.75, 3.05) is 24.7 Å². The first-order valence-corrected chi connectivity index (χ1v) is 9.62. The molecular formula is C19H24ClIN4OS. The molecule has 5 nitrogen and oxygen atoms in total. The zero-order valence-corrected chi connectivity index (χ0v) is 19.2. The average molecular weight is 519 g/mol.